The minimum absolute atomic E-state index is 0.203. The molecule has 28 heavy (non-hydrogen) atoms. The Labute approximate surface area is 162 Å². The van der Waals surface area contributed by atoms with Gasteiger partial charge in [0.15, 0.2) is 6.61 Å². The highest BCUT2D eigenvalue weighted by Gasteiger charge is 2.25. The van der Waals surface area contributed by atoms with Gasteiger partial charge < -0.3 is 14.7 Å². The van der Waals surface area contributed by atoms with Crippen molar-refractivity contribution in [3.63, 3.8) is 0 Å². The third kappa shape index (κ3) is 3.60. The van der Waals surface area contributed by atoms with Crippen LogP contribution in [0.3, 0.4) is 0 Å². The molecule has 1 heterocycles. The van der Waals surface area contributed by atoms with Gasteiger partial charge in [-0.25, -0.2) is 4.79 Å². The van der Waals surface area contributed by atoms with Gasteiger partial charge in [-0.1, -0.05) is 42.5 Å². The molecule has 5 heteroatoms. The molecule has 0 atom stereocenters. The van der Waals surface area contributed by atoms with Gasteiger partial charge >= 0.3 is 5.97 Å². The molecule has 0 aromatic heterocycles. The van der Waals surface area contributed by atoms with Crippen LogP contribution in [0.15, 0.2) is 72.8 Å². The first-order chi connectivity index (χ1) is 13.6. The highest BCUT2D eigenvalue weighted by atomic mass is 16.5. The van der Waals surface area contributed by atoms with E-state index >= 15 is 0 Å². The molecule has 1 N–H and O–H groups in total. The van der Waals surface area contributed by atoms with Crippen LogP contribution in [0.25, 0.3) is 11.1 Å². The fourth-order valence-electron chi connectivity index (χ4n) is 3.34. The Morgan fingerprint density at radius 1 is 0.893 bits per heavy atom. The smallest absolute Gasteiger partial charge is 0.338 e. The van der Waals surface area contributed by atoms with Gasteiger partial charge in [0.25, 0.3) is 5.91 Å². The molecule has 3 aromatic carbocycles. The van der Waals surface area contributed by atoms with Crippen LogP contribution in [0, 0.1) is 0 Å². The molecular weight excluding hydrogens is 354 g/mol. The average Bonchev–Trinajstić information content (AvgIpc) is 3.17. The quantitative estimate of drug-likeness (QED) is 0.707. The number of anilines is 1. The Morgan fingerprint density at radius 2 is 1.54 bits per heavy atom. The Morgan fingerprint density at radius 3 is 2.25 bits per heavy atom. The summed E-state index contributed by atoms with van der Waals surface area (Å²) in [6, 6.07) is 21.5. The minimum atomic E-state index is -0.530. The van der Waals surface area contributed by atoms with Crippen LogP contribution >= 0.6 is 0 Å². The molecular formula is C23H19NO4. The van der Waals surface area contributed by atoms with E-state index < -0.39 is 5.97 Å². The molecule has 1 amide bonds. The topological polar surface area (TPSA) is 66.8 Å². The van der Waals surface area contributed by atoms with Gasteiger partial charge in [-0.2, -0.15) is 0 Å². The molecule has 0 saturated heterocycles. The van der Waals surface area contributed by atoms with Gasteiger partial charge in [-0.3, -0.25) is 4.79 Å². The van der Waals surface area contributed by atoms with Crippen molar-refractivity contribution < 1.29 is 19.4 Å². The first-order valence-electron chi connectivity index (χ1n) is 9.07. The number of phenolic OH excluding ortho intramolecular Hbond substituents is 1. The second kappa shape index (κ2) is 7.56. The maximum atomic E-state index is 12.4. The highest BCUT2D eigenvalue weighted by molar-refractivity contribution is 5.98. The number of aromatic hydroxyl groups is 1. The number of phenols is 1. The number of carbonyl (C=O) groups excluding carboxylic acids is 2. The highest BCUT2D eigenvalue weighted by Crippen LogP contribution is 2.27. The number of ether oxygens (including phenoxy) is 1. The second-order valence-electron chi connectivity index (χ2n) is 6.62. The van der Waals surface area contributed by atoms with Crippen molar-refractivity contribution in [3.8, 4) is 16.9 Å². The molecule has 4 rings (SSSR count). The zero-order valence-electron chi connectivity index (χ0n) is 15.2. The van der Waals surface area contributed by atoms with E-state index in [9.17, 15) is 14.7 Å². The van der Waals surface area contributed by atoms with Crippen molar-refractivity contribution in [1.29, 1.82) is 0 Å². The number of esters is 1. The lowest BCUT2D eigenvalue weighted by Crippen LogP contribution is -2.33. The van der Waals surface area contributed by atoms with Crippen molar-refractivity contribution in [2.75, 3.05) is 18.1 Å². The molecule has 0 saturated carbocycles. The SMILES string of the molecule is O=C(OCC(=O)N1CCc2ccccc21)c1ccc(-c2ccc(O)cc2)cc1. The number of nitrogens with zero attached hydrogens (tertiary/aromatic N) is 1. The van der Waals surface area contributed by atoms with Crippen LogP contribution in [0.1, 0.15) is 15.9 Å². The summed E-state index contributed by atoms with van der Waals surface area (Å²) in [7, 11) is 0. The molecule has 1 aliphatic heterocycles. The summed E-state index contributed by atoms with van der Waals surface area (Å²) in [5.74, 6) is -0.550. The zero-order valence-corrected chi connectivity index (χ0v) is 15.2. The maximum Gasteiger partial charge on any atom is 0.338 e. The second-order valence-corrected chi connectivity index (χ2v) is 6.62. The molecule has 1 aliphatic rings. The van der Waals surface area contributed by atoms with E-state index in [0.717, 1.165) is 28.8 Å². The normalized spacial score (nSPS) is 12.5. The van der Waals surface area contributed by atoms with Crippen LogP contribution in [-0.4, -0.2) is 30.1 Å². The Hall–Kier alpha value is -3.60. The van der Waals surface area contributed by atoms with Crippen molar-refractivity contribution in [2.24, 2.45) is 0 Å². The van der Waals surface area contributed by atoms with Crippen LogP contribution in [-0.2, 0) is 16.0 Å². The van der Waals surface area contributed by atoms with Gasteiger partial charge in [0, 0.05) is 12.2 Å². The summed E-state index contributed by atoms with van der Waals surface area (Å²) in [5.41, 5.74) is 4.26. The van der Waals surface area contributed by atoms with Gasteiger partial charge in [0.05, 0.1) is 5.56 Å². The van der Waals surface area contributed by atoms with E-state index in [1.807, 2.05) is 36.4 Å². The van der Waals surface area contributed by atoms with Crippen molar-refractivity contribution in [3.05, 3.63) is 83.9 Å². The third-order valence-corrected chi connectivity index (χ3v) is 4.84. The molecule has 0 fully saturated rings. The van der Waals surface area contributed by atoms with Crippen LogP contribution in [0.2, 0.25) is 0 Å². The minimum Gasteiger partial charge on any atom is -0.508 e. The number of hydrogen-bond acceptors (Lipinski definition) is 4. The molecule has 0 bridgehead atoms. The molecule has 0 aliphatic carbocycles. The number of para-hydroxylation sites is 1. The first kappa shape index (κ1) is 17.8. The van der Waals surface area contributed by atoms with Crippen LogP contribution < -0.4 is 4.90 Å². The summed E-state index contributed by atoms with van der Waals surface area (Å²) < 4.78 is 5.22. The third-order valence-electron chi connectivity index (χ3n) is 4.84. The Kier molecular flexibility index (Phi) is 4.81. The number of amides is 1. The number of hydrogen-bond donors (Lipinski definition) is 1. The van der Waals surface area contributed by atoms with E-state index in [2.05, 4.69) is 0 Å². The summed E-state index contributed by atoms with van der Waals surface area (Å²) in [5, 5.41) is 9.37. The van der Waals surface area contributed by atoms with Gasteiger partial charge in [-0.05, 0) is 53.4 Å². The summed E-state index contributed by atoms with van der Waals surface area (Å²) in [6.07, 6.45) is 0.814. The predicted octanol–water partition coefficient (Wildman–Crippen LogP) is 3.81. The monoisotopic (exact) mass is 373 g/mol. The standard InChI is InChI=1S/C23H19NO4/c25-20-11-9-17(10-12-20)16-5-7-19(8-6-16)23(27)28-15-22(26)24-14-13-18-3-1-2-4-21(18)24/h1-12,25H,13-15H2. The predicted molar refractivity (Wildman–Crippen MR) is 106 cm³/mol. The summed E-state index contributed by atoms with van der Waals surface area (Å²) >= 11 is 0. The number of benzene rings is 3. The van der Waals surface area contributed by atoms with Crippen molar-refractivity contribution >= 4 is 17.6 Å². The van der Waals surface area contributed by atoms with Crippen LogP contribution in [0.4, 0.5) is 5.69 Å². The molecule has 0 unspecified atom stereocenters. The largest absolute Gasteiger partial charge is 0.508 e. The van der Waals surface area contributed by atoms with Crippen molar-refractivity contribution in [1.82, 2.24) is 0 Å². The Bertz CT molecular complexity index is 1010. The lowest BCUT2D eigenvalue weighted by molar-refractivity contribution is -0.121. The van der Waals surface area contributed by atoms with E-state index in [4.69, 9.17) is 4.74 Å². The van der Waals surface area contributed by atoms with Gasteiger partial charge in [0.1, 0.15) is 5.75 Å². The zero-order chi connectivity index (χ0) is 19.5. The van der Waals surface area contributed by atoms with E-state index in [1.54, 1.807) is 41.3 Å². The summed E-state index contributed by atoms with van der Waals surface area (Å²) in [4.78, 5) is 26.4. The van der Waals surface area contributed by atoms with Crippen LogP contribution in [0.5, 0.6) is 5.75 Å². The molecule has 3 aromatic rings. The number of rotatable bonds is 4. The Balaban J connectivity index is 1.38. The number of fused-ring (bicyclic) bond motifs is 1. The molecule has 5 nitrogen and oxygen atoms in total. The fraction of sp³-hybridized carbons (Fsp3) is 0.130. The summed E-state index contributed by atoms with van der Waals surface area (Å²) in [6.45, 7) is 0.323. The first-order valence-corrected chi connectivity index (χ1v) is 9.07. The fourth-order valence-corrected chi connectivity index (χ4v) is 3.34. The van der Waals surface area contributed by atoms with Gasteiger partial charge in [-0.15, -0.1) is 0 Å². The van der Waals surface area contributed by atoms with E-state index in [-0.39, 0.29) is 18.3 Å². The maximum absolute atomic E-state index is 12.4. The van der Waals surface area contributed by atoms with Crippen molar-refractivity contribution in [2.45, 2.75) is 6.42 Å². The lowest BCUT2D eigenvalue weighted by atomic mass is 10.0. The number of carbonyl (C=O) groups is 2. The van der Waals surface area contributed by atoms with E-state index in [1.165, 1.54) is 0 Å². The lowest BCUT2D eigenvalue weighted by Gasteiger charge is -2.17. The molecule has 140 valence electrons. The van der Waals surface area contributed by atoms with Gasteiger partial charge in [0.2, 0.25) is 0 Å². The average molecular weight is 373 g/mol. The van der Waals surface area contributed by atoms with E-state index in [0.29, 0.717) is 12.1 Å². The molecule has 0 spiro atoms. The molecule has 0 radical (unpaired) electrons.